The molecule has 1 aromatic heterocycles. The summed E-state index contributed by atoms with van der Waals surface area (Å²) in [7, 11) is 0. The first-order valence-corrected chi connectivity index (χ1v) is 10.8. The lowest BCUT2D eigenvalue weighted by Gasteiger charge is -2.31. The summed E-state index contributed by atoms with van der Waals surface area (Å²) in [5.41, 5.74) is 2.61. The molecule has 0 spiro atoms. The van der Waals surface area contributed by atoms with Gasteiger partial charge in [-0.25, -0.2) is 9.78 Å². The minimum atomic E-state index is -0.994. The Morgan fingerprint density at radius 2 is 1.67 bits per heavy atom. The van der Waals surface area contributed by atoms with E-state index in [1.165, 1.54) is 18.2 Å². The third kappa shape index (κ3) is 4.83. The molecule has 0 bridgehead atoms. The molecule has 0 saturated heterocycles. The van der Waals surface area contributed by atoms with Crippen LogP contribution in [-0.4, -0.2) is 22.0 Å². The van der Waals surface area contributed by atoms with Crippen molar-refractivity contribution in [1.82, 2.24) is 10.3 Å². The summed E-state index contributed by atoms with van der Waals surface area (Å²) in [5.74, 6) is -1.41. The van der Waals surface area contributed by atoms with E-state index in [0.29, 0.717) is 11.4 Å². The monoisotopic (exact) mass is 437 g/mol. The van der Waals surface area contributed by atoms with Crippen molar-refractivity contribution in [3.63, 3.8) is 0 Å². The van der Waals surface area contributed by atoms with E-state index in [0.717, 1.165) is 36.8 Å². The Bertz CT molecular complexity index is 1240. The molecule has 3 aromatic rings. The van der Waals surface area contributed by atoms with E-state index >= 15 is 0 Å². The average molecular weight is 437 g/mol. The van der Waals surface area contributed by atoms with Gasteiger partial charge in [0.25, 0.3) is 5.91 Å². The van der Waals surface area contributed by atoms with Gasteiger partial charge in [0.1, 0.15) is 11.6 Å². The zero-order valence-electron chi connectivity index (χ0n) is 18.0. The maximum Gasteiger partial charge on any atom is 0.335 e. The van der Waals surface area contributed by atoms with E-state index in [1.54, 1.807) is 30.3 Å². The molecule has 0 radical (unpaired) electrons. The number of rotatable bonds is 6. The molecule has 1 amide bonds. The van der Waals surface area contributed by atoms with Gasteiger partial charge < -0.3 is 10.4 Å². The number of carbonyl (C=O) groups is 2. The highest BCUT2D eigenvalue weighted by atomic mass is 16.4. The van der Waals surface area contributed by atoms with E-state index in [-0.39, 0.29) is 11.1 Å². The minimum Gasteiger partial charge on any atom is -0.478 e. The van der Waals surface area contributed by atoms with Crippen molar-refractivity contribution in [3.05, 3.63) is 95.2 Å². The number of hydrogen-bond acceptors (Lipinski definition) is 4. The molecular weight excluding hydrogens is 414 g/mol. The molecule has 1 fully saturated rings. The third-order valence-electron chi connectivity index (χ3n) is 5.99. The Kier molecular flexibility index (Phi) is 6.32. The SMILES string of the molecule is N#CC(=Cc1cccc(-c2ccc(C(=O)O)cc2)n1)C(=O)NC1(c2ccccc2)CCCC1. The molecular formula is C27H23N3O3. The van der Waals surface area contributed by atoms with Crippen LogP contribution < -0.4 is 5.32 Å². The molecule has 6 nitrogen and oxygen atoms in total. The fourth-order valence-electron chi connectivity index (χ4n) is 4.28. The van der Waals surface area contributed by atoms with Crippen LogP contribution in [0.1, 0.15) is 47.3 Å². The molecule has 33 heavy (non-hydrogen) atoms. The Balaban J connectivity index is 1.59. The topological polar surface area (TPSA) is 103 Å². The summed E-state index contributed by atoms with van der Waals surface area (Å²) in [6, 6.07) is 23.6. The molecule has 1 heterocycles. The molecule has 164 valence electrons. The fraction of sp³-hybridized carbons (Fsp3) is 0.185. The van der Waals surface area contributed by atoms with Crippen molar-refractivity contribution in [1.29, 1.82) is 5.26 Å². The Morgan fingerprint density at radius 3 is 2.30 bits per heavy atom. The highest BCUT2D eigenvalue weighted by Gasteiger charge is 2.37. The van der Waals surface area contributed by atoms with Crippen molar-refractivity contribution in [2.24, 2.45) is 0 Å². The number of nitrogens with zero attached hydrogens (tertiary/aromatic N) is 2. The van der Waals surface area contributed by atoms with Gasteiger partial charge in [-0.2, -0.15) is 5.26 Å². The van der Waals surface area contributed by atoms with Gasteiger partial charge in [0.05, 0.1) is 22.5 Å². The lowest BCUT2D eigenvalue weighted by molar-refractivity contribution is -0.119. The first-order valence-electron chi connectivity index (χ1n) is 10.8. The molecule has 4 rings (SSSR count). The van der Waals surface area contributed by atoms with Gasteiger partial charge in [0.2, 0.25) is 0 Å². The van der Waals surface area contributed by atoms with Crippen LogP contribution in [0.15, 0.2) is 78.4 Å². The second-order valence-corrected chi connectivity index (χ2v) is 8.11. The molecule has 1 aliphatic carbocycles. The molecule has 1 aliphatic rings. The second kappa shape index (κ2) is 9.49. The molecule has 2 aromatic carbocycles. The molecule has 1 saturated carbocycles. The first-order chi connectivity index (χ1) is 16.0. The normalized spacial score (nSPS) is 14.9. The van der Waals surface area contributed by atoms with Crippen LogP contribution in [0.3, 0.4) is 0 Å². The zero-order chi connectivity index (χ0) is 23.3. The van der Waals surface area contributed by atoms with Crippen LogP contribution in [0.2, 0.25) is 0 Å². The molecule has 0 unspecified atom stereocenters. The quantitative estimate of drug-likeness (QED) is 0.420. The van der Waals surface area contributed by atoms with Gasteiger partial charge in [-0.1, -0.05) is 61.4 Å². The summed E-state index contributed by atoms with van der Waals surface area (Å²) >= 11 is 0. The van der Waals surface area contributed by atoms with Gasteiger partial charge in [0, 0.05) is 5.56 Å². The smallest absolute Gasteiger partial charge is 0.335 e. The highest BCUT2D eigenvalue weighted by Crippen LogP contribution is 2.38. The van der Waals surface area contributed by atoms with E-state index < -0.39 is 17.4 Å². The molecule has 0 atom stereocenters. The van der Waals surface area contributed by atoms with Gasteiger partial charge in [-0.05, 0) is 48.7 Å². The van der Waals surface area contributed by atoms with Crippen molar-refractivity contribution < 1.29 is 14.7 Å². The first kappa shape index (κ1) is 22.0. The van der Waals surface area contributed by atoms with Crippen LogP contribution >= 0.6 is 0 Å². The van der Waals surface area contributed by atoms with Crippen LogP contribution in [0, 0.1) is 11.3 Å². The summed E-state index contributed by atoms with van der Waals surface area (Å²) in [6.07, 6.45) is 5.19. The van der Waals surface area contributed by atoms with Crippen molar-refractivity contribution in [2.75, 3.05) is 0 Å². The molecule has 2 N–H and O–H groups in total. The number of carbonyl (C=O) groups excluding carboxylic acids is 1. The van der Waals surface area contributed by atoms with Gasteiger partial charge in [-0.3, -0.25) is 4.79 Å². The van der Waals surface area contributed by atoms with E-state index in [1.807, 2.05) is 36.4 Å². The average Bonchev–Trinajstić information content (AvgIpc) is 3.33. The Labute approximate surface area is 192 Å². The van der Waals surface area contributed by atoms with Crippen LogP contribution in [0.5, 0.6) is 0 Å². The Hall–Kier alpha value is -4.24. The maximum absolute atomic E-state index is 13.1. The molecule has 6 heteroatoms. The number of hydrogen-bond donors (Lipinski definition) is 2. The summed E-state index contributed by atoms with van der Waals surface area (Å²) in [5, 5.41) is 21.9. The zero-order valence-corrected chi connectivity index (χ0v) is 18.0. The standard InChI is InChI=1S/C27H23N3O3/c28-18-21(25(31)30-27(15-4-5-16-27)22-7-2-1-3-8-22)17-23-9-6-10-24(29-23)19-11-13-20(14-12-19)26(32)33/h1-3,6-14,17H,4-5,15-16H2,(H,30,31)(H,32,33). The number of nitrogens with one attached hydrogen (secondary N) is 1. The number of carboxylic acids is 1. The number of benzene rings is 2. The van der Waals surface area contributed by atoms with Gasteiger partial charge in [-0.15, -0.1) is 0 Å². The van der Waals surface area contributed by atoms with Crippen LogP contribution in [-0.2, 0) is 10.3 Å². The summed E-state index contributed by atoms with van der Waals surface area (Å²) in [4.78, 5) is 28.7. The maximum atomic E-state index is 13.1. The van der Waals surface area contributed by atoms with Gasteiger partial charge in [0.15, 0.2) is 0 Å². The third-order valence-corrected chi connectivity index (χ3v) is 5.99. The van der Waals surface area contributed by atoms with Crippen molar-refractivity contribution in [3.8, 4) is 17.3 Å². The second-order valence-electron chi connectivity index (χ2n) is 8.11. The lowest BCUT2D eigenvalue weighted by Crippen LogP contribution is -2.44. The number of amides is 1. The minimum absolute atomic E-state index is 0.0110. The van der Waals surface area contributed by atoms with Crippen molar-refractivity contribution in [2.45, 2.75) is 31.2 Å². The van der Waals surface area contributed by atoms with Crippen LogP contribution in [0.25, 0.3) is 17.3 Å². The number of aromatic nitrogens is 1. The lowest BCUT2D eigenvalue weighted by atomic mass is 9.88. The highest BCUT2D eigenvalue weighted by molar-refractivity contribution is 6.02. The number of aromatic carboxylic acids is 1. The summed E-state index contributed by atoms with van der Waals surface area (Å²) in [6.45, 7) is 0. The predicted molar refractivity (Wildman–Crippen MR) is 125 cm³/mol. The van der Waals surface area contributed by atoms with Crippen LogP contribution in [0.4, 0.5) is 0 Å². The number of nitriles is 1. The number of carboxylic acid groups (broad SMARTS) is 1. The summed E-state index contributed by atoms with van der Waals surface area (Å²) < 4.78 is 0. The van der Waals surface area contributed by atoms with E-state index in [9.17, 15) is 14.9 Å². The predicted octanol–water partition coefficient (Wildman–Crippen LogP) is 4.94. The number of pyridine rings is 1. The Morgan fingerprint density at radius 1 is 0.970 bits per heavy atom. The largest absolute Gasteiger partial charge is 0.478 e. The van der Waals surface area contributed by atoms with E-state index in [4.69, 9.17) is 5.11 Å². The fourth-order valence-corrected chi connectivity index (χ4v) is 4.28. The van der Waals surface area contributed by atoms with E-state index in [2.05, 4.69) is 10.3 Å². The van der Waals surface area contributed by atoms with Gasteiger partial charge >= 0.3 is 5.97 Å². The molecule has 0 aliphatic heterocycles. The van der Waals surface area contributed by atoms with Crippen molar-refractivity contribution >= 4 is 18.0 Å².